The Morgan fingerprint density at radius 1 is 1.07 bits per heavy atom. The fourth-order valence-corrected chi connectivity index (χ4v) is 22.0. The van der Waals surface area contributed by atoms with Crippen molar-refractivity contribution >= 4 is 62.1 Å². The van der Waals surface area contributed by atoms with Crippen molar-refractivity contribution in [1.29, 1.82) is 0 Å². The van der Waals surface area contributed by atoms with Crippen LogP contribution in [-0.2, 0) is 0 Å². The number of benzene rings is 1. The van der Waals surface area contributed by atoms with Crippen molar-refractivity contribution in [1.82, 2.24) is 20.3 Å². The van der Waals surface area contributed by atoms with Gasteiger partial charge < -0.3 is 14.6 Å². The standard InChI is InChI=1S/C15H14ClFN4OS.C5H4N.3C4H9.Sn/c1-8-7-18-2-4-21(8)15-20-12-11(17)10(16)6-9(13(12)22-15)14-19-3-5-23-14;1-2-4-6-5-3-1;3*1-3-4-2;/h3,5-6,8,18H,2,4,7H2,1H3;1-4H;3*1,3-4H2,2H3;/t8-;;;;;/m0...../s1. The molecule has 0 aliphatic carbocycles. The SMILES string of the molecule is CCC[CH2][Sn]([CH2]CCC)([CH2]CCC)[c]1ccccn1.C[C@H]1CNCCN1c1nc2c(F)c(Cl)cc(-c3nccs3)c2o1. The summed E-state index contributed by atoms with van der Waals surface area (Å²) in [7, 11) is 0. The summed E-state index contributed by atoms with van der Waals surface area (Å²) in [6, 6.07) is 8.81. The molecule has 6 nitrogen and oxygen atoms in total. The van der Waals surface area contributed by atoms with Gasteiger partial charge in [-0.15, -0.1) is 11.3 Å². The van der Waals surface area contributed by atoms with Gasteiger partial charge in [-0.25, -0.2) is 9.37 Å². The van der Waals surface area contributed by atoms with E-state index in [9.17, 15) is 4.39 Å². The maximum Gasteiger partial charge on any atom is 0.298 e. The van der Waals surface area contributed by atoms with Crippen molar-refractivity contribution in [2.45, 2.75) is 85.6 Å². The largest absolute Gasteiger partial charge is 0.423 e. The van der Waals surface area contributed by atoms with Crippen LogP contribution in [0.1, 0.15) is 66.2 Å². The van der Waals surface area contributed by atoms with Gasteiger partial charge in [-0.05, 0) is 13.0 Å². The van der Waals surface area contributed by atoms with Gasteiger partial charge in [-0.1, -0.05) is 11.6 Å². The summed E-state index contributed by atoms with van der Waals surface area (Å²) in [5, 5.41) is 5.92. The molecule has 3 aromatic heterocycles. The molecule has 1 fully saturated rings. The number of pyridine rings is 1. The maximum atomic E-state index is 14.4. The first-order valence-electron chi connectivity index (χ1n) is 15.5. The smallest absolute Gasteiger partial charge is 0.298 e. The first kappa shape index (κ1) is 33.1. The van der Waals surface area contributed by atoms with E-state index in [0.717, 1.165) is 24.6 Å². The Bertz CT molecular complexity index is 1350. The summed E-state index contributed by atoms with van der Waals surface area (Å²) in [6.07, 6.45) is 12.0. The van der Waals surface area contributed by atoms with Crippen LogP contribution in [0, 0.1) is 5.82 Å². The summed E-state index contributed by atoms with van der Waals surface area (Å²) in [5.74, 6) is -0.556. The molecule has 0 bridgehead atoms. The number of thiazole rings is 1. The van der Waals surface area contributed by atoms with Crippen molar-refractivity contribution in [3.63, 3.8) is 0 Å². The van der Waals surface area contributed by atoms with E-state index >= 15 is 0 Å². The quantitative estimate of drug-likeness (QED) is 0.148. The molecule has 1 saturated heterocycles. The van der Waals surface area contributed by atoms with Crippen molar-refractivity contribution in [3.05, 3.63) is 52.9 Å². The van der Waals surface area contributed by atoms with E-state index in [2.05, 4.69) is 61.2 Å². The minimum Gasteiger partial charge on any atom is -0.423 e. The minimum absolute atomic E-state index is 0.0240. The number of halogens is 2. The normalized spacial score (nSPS) is 15.6. The summed E-state index contributed by atoms with van der Waals surface area (Å²) < 4.78 is 26.4. The fraction of sp³-hybridized carbons (Fsp3) is 0.531. The predicted octanol–water partition coefficient (Wildman–Crippen LogP) is 8.68. The van der Waals surface area contributed by atoms with Crippen LogP contribution >= 0.6 is 22.9 Å². The summed E-state index contributed by atoms with van der Waals surface area (Å²) >= 11 is 5.27. The van der Waals surface area contributed by atoms with Crippen LogP contribution in [0.2, 0.25) is 18.3 Å². The van der Waals surface area contributed by atoms with Crippen LogP contribution in [-0.4, -0.2) is 59.0 Å². The number of piperazine rings is 1. The molecule has 1 N–H and O–H groups in total. The number of hydrogen-bond acceptors (Lipinski definition) is 7. The van der Waals surface area contributed by atoms with Gasteiger partial charge in [-0.2, -0.15) is 4.98 Å². The van der Waals surface area contributed by atoms with Crippen molar-refractivity contribution in [2.75, 3.05) is 24.5 Å². The van der Waals surface area contributed by atoms with Gasteiger partial charge in [0.25, 0.3) is 6.01 Å². The molecule has 0 amide bonds. The average Bonchev–Trinajstić information content (AvgIpc) is 3.71. The third kappa shape index (κ3) is 8.04. The van der Waals surface area contributed by atoms with Crippen molar-refractivity contribution in [3.8, 4) is 10.6 Å². The van der Waals surface area contributed by atoms with Gasteiger partial charge in [0.05, 0.1) is 10.6 Å². The molecule has 0 radical (unpaired) electrons. The number of hydrogen-bond donors (Lipinski definition) is 1. The van der Waals surface area contributed by atoms with E-state index in [0.29, 0.717) is 17.2 Å². The van der Waals surface area contributed by atoms with Gasteiger partial charge in [0.15, 0.2) is 11.4 Å². The summed E-state index contributed by atoms with van der Waals surface area (Å²) in [4.78, 5) is 15.5. The molecule has 0 unspecified atom stereocenters. The molecule has 228 valence electrons. The topological polar surface area (TPSA) is 67.1 Å². The van der Waals surface area contributed by atoms with Gasteiger partial charge in [0, 0.05) is 37.3 Å². The molecule has 4 aromatic rings. The third-order valence-corrected chi connectivity index (χ3v) is 24.4. The van der Waals surface area contributed by atoms with Gasteiger partial charge in [0.2, 0.25) is 0 Å². The molecule has 1 atom stereocenters. The molecule has 1 aromatic carbocycles. The first-order valence-corrected chi connectivity index (χ1v) is 24.2. The molecule has 5 rings (SSSR count). The zero-order chi connectivity index (χ0) is 30.0. The number of fused-ring (bicyclic) bond motifs is 1. The Hall–Kier alpha value is -1.75. The second kappa shape index (κ2) is 16.4. The Labute approximate surface area is 263 Å². The Balaban J connectivity index is 0.000000198. The third-order valence-electron chi connectivity index (χ3n) is 8.19. The first-order chi connectivity index (χ1) is 20.4. The number of anilines is 1. The Morgan fingerprint density at radius 2 is 1.79 bits per heavy atom. The zero-order valence-corrected chi connectivity index (χ0v) is 29.9. The van der Waals surface area contributed by atoms with Crippen molar-refractivity contribution in [2.24, 2.45) is 0 Å². The number of nitrogens with zero attached hydrogens (tertiary/aromatic N) is 4. The van der Waals surface area contributed by atoms with Crippen LogP contribution < -0.4 is 13.9 Å². The van der Waals surface area contributed by atoms with Crippen LogP contribution in [0.4, 0.5) is 10.4 Å². The van der Waals surface area contributed by atoms with Crippen LogP contribution in [0.3, 0.4) is 0 Å². The molecular weight excluding hydrogens is 676 g/mol. The molecule has 10 heteroatoms. The predicted molar refractivity (Wildman–Crippen MR) is 179 cm³/mol. The molecule has 0 spiro atoms. The fourth-order valence-electron chi connectivity index (χ4n) is 5.75. The molecule has 0 saturated carbocycles. The Morgan fingerprint density at radius 3 is 2.36 bits per heavy atom. The molecular formula is C32H45ClFN5OSSn. The van der Waals surface area contributed by atoms with E-state index < -0.39 is 24.2 Å². The van der Waals surface area contributed by atoms with Gasteiger partial charge in [0.1, 0.15) is 10.5 Å². The van der Waals surface area contributed by atoms with E-state index in [1.165, 1.54) is 63.2 Å². The molecule has 4 heterocycles. The van der Waals surface area contributed by atoms with Gasteiger partial charge in [-0.3, -0.25) is 0 Å². The summed E-state index contributed by atoms with van der Waals surface area (Å²) in [6.45, 7) is 11.5. The average molecular weight is 721 g/mol. The summed E-state index contributed by atoms with van der Waals surface area (Å²) in [5.41, 5.74) is 1.22. The number of unbranched alkanes of at least 4 members (excludes halogenated alkanes) is 3. The van der Waals surface area contributed by atoms with E-state index in [4.69, 9.17) is 21.0 Å². The van der Waals surface area contributed by atoms with Gasteiger partial charge >= 0.3 is 124 Å². The second-order valence-electron chi connectivity index (χ2n) is 11.3. The molecule has 1 aliphatic heterocycles. The van der Waals surface area contributed by atoms with Crippen molar-refractivity contribution < 1.29 is 8.81 Å². The minimum atomic E-state index is -2.21. The Kier molecular flexibility index (Phi) is 12.9. The zero-order valence-electron chi connectivity index (χ0n) is 25.5. The van der Waals surface area contributed by atoms with Crippen LogP contribution in [0.15, 0.2) is 46.5 Å². The number of nitrogens with one attached hydrogen (secondary N) is 1. The monoisotopic (exact) mass is 721 g/mol. The number of aromatic nitrogens is 3. The van der Waals surface area contributed by atoms with E-state index in [1.807, 2.05) is 16.5 Å². The molecule has 1 aliphatic rings. The molecule has 42 heavy (non-hydrogen) atoms. The second-order valence-corrected chi connectivity index (χ2v) is 25.6. The maximum absolute atomic E-state index is 14.4. The van der Waals surface area contributed by atoms with E-state index in [1.54, 1.807) is 16.0 Å². The van der Waals surface area contributed by atoms with Crippen LogP contribution in [0.5, 0.6) is 0 Å². The number of oxazole rings is 1. The van der Waals surface area contributed by atoms with E-state index in [-0.39, 0.29) is 16.6 Å². The van der Waals surface area contributed by atoms with Crippen LogP contribution in [0.25, 0.3) is 21.7 Å². The number of rotatable bonds is 12.